The Balaban J connectivity index is 0.00000200. The van der Waals surface area contributed by atoms with Gasteiger partial charge in [0.05, 0.1) is 5.75 Å². The summed E-state index contributed by atoms with van der Waals surface area (Å²) in [4.78, 5) is 15.9. The Bertz CT molecular complexity index is 441. The lowest BCUT2D eigenvalue weighted by atomic mass is 10.2. The van der Waals surface area contributed by atoms with Crippen LogP contribution in [0.15, 0.2) is 24.3 Å². The van der Waals surface area contributed by atoms with Crippen molar-refractivity contribution in [2.45, 2.75) is 11.8 Å². The third-order valence-corrected chi connectivity index (χ3v) is 4.38. The van der Waals surface area contributed by atoms with Gasteiger partial charge in [-0.3, -0.25) is 4.79 Å². The third-order valence-electron chi connectivity index (χ3n) is 3.13. The number of benzene rings is 1. The Hall–Kier alpha value is -0.780. The van der Waals surface area contributed by atoms with Crippen LogP contribution in [-0.4, -0.2) is 48.6 Å². The van der Waals surface area contributed by atoms with Crippen molar-refractivity contribution in [3.05, 3.63) is 35.6 Å². The summed E-state index contributed by atoms with van der Waals surface area (Å²) in [6.45, 7) is 1.72. The number of rotatable bonds is 5. The molecule has 1 atom stereocenters. The van der Waals surface area contributed by atoms with E-state index in [1.165, 1.54) is 12.1 Å². The highest BCUT2D eigenvalue weighted by Crippen LogP contribution is 2.38. The van der Waals surface area contributed by atoms with E-state index in [1.807, 2.05) is 19.0 Å². The molecular formula is C14H20ClFN2OS. The van der Waals surface area contributed by atoms with Gasteiger partial charge in [0.15, 0.2) is 0 Å². The fourth-order valence-electron chi connectivity index (χ4n) is 2.16. The Kier molecular flexibility index (Phi) is 6.79. The Morgan fingerprint density at radius 3 is 2.60 bits per heavy atom. The second-order valence-corrected chi connectivity index (χ2v) is 6.03. The Morgan fingerprint density at radius 2 is 2.00 bits per heavy atom. The van der Waals surface area contributed by atoms with Crippen molar-refractivity contribution in [1.29, 1.82) is 0 Å². The largest absolute Gasteiger partial charge is 0.326 e. The second-order valence-electron chi connectivity index (χ2n) is 4.96. The predicted octanol–water partition coefficient (Wildman–Crippen LogP) is 2.77. The molecule has 0 N–H and O–H groups in total. The second kappa shape index (κ2) is 7.86. The van der Waals surface area contributed by atoms with E-state index < -0.39 is 0 Å². The summed E-state index contributed by atoms with van der Waals surface area (Å²) in [5.74, 6) is 0.458. The highest BCUT2D eigenvalue weighted by atomic mass is 35.5. The molecule has 1 aromatic rings. The highest BCUT2D eigenvalue weighted by Gasteiger charge is 2.32. The van der Waals surface area contributed by atoms with Crippen LogP contribution in [0.25, 0.3) is 0 Å². The SMILES string of the molecule is CN(C)CCCN1C(=O)CSC1c1ccc(F)cc1.Cl. The molecule has 1 aromatic carbocycles. The molecule has 20 heavy (non-hydrogen) atoms. The van der Waals surface area contributed by atoms with Gasteiger partial charge in [0.1, 0.15) is 11.2 Å². The van der Waals surface area contributed by atoms with Crippen LogP contribution in [0.2, 0.25) is 0 Å². The van der Waals surface area contributed by atoms with Crippen LogP contribution in [0.4, 0.5) is 4.39 Å². The van der Waals surface area contributed by atoms with Crippen LogP contribution in [0, 0.1) is 5.82 Å². The molecule has 1 amide bonds. The standard InChI is InChI=1S/C14H19FN2OS.ClH/c1-16(2)8-3-9-17-13(18)10-19-14(17)11-4-6-12(15)7-5-11;/h4-7,14H,3,8-10H2,1-2H3;1H. The van der Waals surface area contributed by atoms with Gasteiger partial charge in [-0.2, -0.15) is 0 Å². The van der Waals surface area contributed by atoms with Gasteiger partial charge in [-0.05, 0) is 44.8 Å². The first-order valence-corrected chi connectivity index (χ1v) is 7.44. The first-order chi connectivity index (χ1) is 9.08. The average Bonchev–Trinajstić information content (AvgIpc) is 2.72. The minimum absolute atomic E-state index is 0. The van der Waals surface area contributed by atoms with Crippen molar-refractivity contribution in [2.75, 3.05) is 32.9 Å². The van der Waals surface area contributed by atoms with E-state index >= 15 is 0 Å². The maximum atomic E-state index is 12.9. The number of halogens is 2. The fourth-order valence-corrected chi connectivity index (χ4v) is 3.38. The van der Waals surface area contributed by atoms with Gasteiger partial charge in [-0.15, -0.1) is 24.2 Å². The third kappa shape index (κ3) is 4.36. The van der Waals surface area contributed by atoms with Crippen molar-refractivity contribution in [1.82, 2.24) is 9.80 Å². The van der Waals surface area contributed by atoms with E-state index in [9.17, 15) is 9.18 Å². The molecule has 0 saturated carbocycles. The average molecular weight is 319 g/mol. The van der Waals surface area contributed by atoms with Gasteiger partial charge in [-0.25, -0.2) is 4.39 Å². The van der Waals surface area contributed by atoms with E-state index in [-0.39, 0.29) is 29.5 Å². The Morgan fingerprint density at radius 1 is 1.35 bits per heavy atom. The molecule has 1 unspecified atom stereocenters. The predicted molar refractivity (Wildman–Crippen MR) is 83.7 cm³/mol. The lowest BCUT2D eigenvalue weighted by Crippen LogP contribution is -2.31. The van der Waals surface area contributed by atoms with Crippen LogP contribution in [0.5, 0.6) is 0 Å². The number of carbonyl (C=O) groups is 1. The van der Waals surface area contributed by atoms with Crippen molar-refractivity contribution < 1.29 is 9.18 Å². The van der Waals surface area contributed by atoms with Gasteiger partial charge in [0, 0.05) is 6.54 Å². The summed E-state index contributed by atoms with van der Waals surface area (Å²) < 4.78 is 12.9. The molecule has 1 aliphatic rings. The number of nitrogens with zero attached hydrogens (tertiary/aromatic N) is 2. The van der Waals surface area contributed by atoms with E-state index in [2.05, 4.69) is 4.90 Å². The molecule has 0 bridgehead atoms. The normalized spacial score (nSPS) is 18.5. The number of carbonyl (C=O) groups excluding carboxylic acids is 1. The van der Waals surface area contributed by atoms with Gasteiger partial charge < -0.3 is 9.80 Å². The molecule has 6 heteroatoms. The van der Waals surface area contributed by atoms with Crippen LogP contribution >= 0.6 is 24.2 Å². The van der Waals surface area contributed by atoms with Gasteiger partial charge in [0.25, 0.3) is 0 Å². The van der Waals surface area contributed by atoms with Gasteiger partial charge in [-0.1, -0.05) is 12.1 Å². The zero-order chi connectivity index (χ0) is 13.8. The summed E-state index contributed by atoms with van der Waals surface area (Å²) in [7, 11) is 4.05. The summed E-state index contributed by atoms with van der Waals surface area (Å²) >= 11 is 1.62. The van der Waals surface area contributed by atoms with E-state index in [4.69, 9.17) is 0 Å². The molecule has 1 saturated heterocycles. The quantitative estimate of drug-likeness (QED) is 0.834. The minimum atomic E-state index is -0.239. The molecule has 0 spiro atoms. The van der Waals surface area contributed by atoms with Crippen molar-refractivity contribution in [3.8, 4) is 0 Å². The molecule has 1 fully saturated rings. The fraction of sp³-hybridized carbons (Fsp3) is 0.500. The first kappa shape index (κ1) is 17.3. The molecule has 1 heterocycles. The molecule has 2 rings (SSSR count). The van der Waals surface area contributed by atoms with Gasteiger partial charge in [0.2, 0.25) is 5.91 Å². The summed E-state index contributed by atoms with van der Waals surface area (Å²) in [5, 5.41) is 0.0373. The lowest BCUT2D eigenvalue weighted by molar-refractivity contribution is -0.128. The van der Waals surface area contributed by atoms with E-state index in [0.717, 1.165) is 25.1 Å². The van der Waals surface area contributed by atoms with E-state index in [1.54, 1.807) is 23.9 Å². The first-order valence-electron chi connectivity index (χ1n) is 6.39. The number of hydrogen-bond donors (Lipinski definition) is 0. The van der Waals surface area contributed by atoms with Crippen molar-refractivity contribution in [3.63, 3.8) is 0 Å². The molecule has 112 valence electrons. The Labute approximate surface area is 129 Å². The number of thioether (sulfide) groups is 1. The highest BCUT2D eigenvalue weighted by molar-refractivity contribution is 8.00. The molecular weight excluding hydrogens is 299 g/mol. The summed E-state index contributed by atoms with van der Waals surface area (Å²) in [6, 6.07) is 6.45. The monoisotopic (exact) mass is 318 g/mol. The van der Waals surface area contributed by atoms with Crippen LogP contribution in [0.3, 0.4) is 0 Å². The molecule has 3 nitrogen and oxygen atoms in total. The number of amides is 1. The zero-order valence-electron chi connectivity index (χ0n) is 11.7. The minimum Gasteiger partial charge on any atom is -0.326 e. The van der Waals surface area contributed by atoms with Gasteiger partial charge >= 0.3 is 0 Å². The smallest absolute Gasteiger partial charge is 0.233 e. The van der Waals surface area contributed by atoms with Crippen molar-refractivity contribution in [2.24, 2.45) is 0 Å². The van der Waals surface area contributed by atoms with Crippen molar-refractivity contribution >= 4 is 30.1 Å². The molecule has 0 aromatic heterocycles. The maximum Gasteiger partial charge on any atom is 0.233 e. The van der Waals surface area contributed by atoms with Crippen LogP contribution in [0.1, 0.15) is 17.4 Å². The van der Waals surface area contributed by atoms with E-state index in [0.29, 0.717) is 5.75 Å². The molecule has 0 aliphatic carbocycles. The topological polar surface area (TPSA) is 23.6 Å². The summed E-state index contributed by atoms with van der Waals surface area (Å²) in [5.41, 5.74) is 1.00. The lowest BCUT2D eigenvalue weighted by Gasteiger charge is -2.24. The molecule has 1 aliphatic heterocycles. The molecule has 0 radical (unpaired) electrons. The number of hydrogen-bond acceptors (Lipinski definition) is 3. The zero-order valence-corrected chi connectivity index (χ0v) is 13.3. The van der Waals surface area contributed by atoms with Crippen LogP contribution in [-0.2, 0) is 4.79 Å². The van der Waals surface area contributed by atoms with Crippen LogP contribution < -0.4 is 0 Å². The summed E-state index contributed by atoms with van der Waals surface area (Å²) in [6.07, 6.45) is 0.955. The maximum absolute atomic E-state index is 12.9.